The first-order valence-electron chi connectivity index (χ1n) is 11.3. The smallest absolute Gasteiger partial charge is 0.332 e. The van der Waals surface area contributed by atoms with Crippen LogP contribution in [0.4, 0.5) is 5.95 Å². The zero-order valence-electron chi connectivity index (χ0n) is 20.5. The summed E-state index contributed by atoms with van der Waals surface area (Å²) in [6.07, 6.45) is -0.993. The average Bonchev–Trinajstić information content (AvgIpc) is 3.22. The molecule has 0 amide bonds. The number of aliphatic hydroxyl groups is 1. The molecule has 2 aromatic heterocycles. The third-order valence-corrected chi connectivity index (χ3v) is 5.78. The second-order valence-corrected chi connectivity index (χ2v) is 8.56. The van der Waals surface area contributed by atoms with Crippen LogP contribution in [0.15, 0.2) is 63.2 Å². The Hall–Kier alpha value is -4.38. The Morgan fingerprint density at radius 2 is 1.86 bits per heavy atom. The maximum atomic E-state index is 13.0. The van der Waals surface area contributed by atoms with Crippen LogP contribution in [0.3, 0.4) is 0 Å². The first-order chi connectivity index (χ1) is 17.2. The van der Waals surface area contributed by atoms with Gasteiger partial charge in [0.1, 0.15) is 24.2 Å². The molecule has 0 aliphatic heterocycles. The van der Waals surface area contributed by atoms with Crippen molar-refractivity contribution in [1.82, 2.24) is 18.7 Å². The SMILES string of the molecule is CC(=NNc1nc2c(c(=O)n(C)c(=O)n2C)n1CC(O)COc1cccc(C)c1)c1ccc(O)cc1. The monoisotopic (exact) mass is 492 g/mol. The summed E-state index contributed by atoms with van der Waals surface area (Å²) in [6, 6.07) is 14.0. The van der Waals surface area contributed by atoms with Crippen molar-refractivity contribution < 1.29 is 14.9 Å². The molecule has 4 aromatic rings. The first-order valence-corrected chi connectivity index (χ1v) is 11.3. The standard InChI is InChI=1S/C25H28N6O5/c1-15-6-5-7-20(12-15)36-14-19(33)13-31-21-22(29(3)25(35)30(4)23(21)34)26-24(31)28-27-16(2)17-8-10-18(32)11-9-17/h5-12,19,32-33H,13-14H2,1-4H3,(H,26,28). The second kappa shape index (κ2) is 10.1. The molecular weight excluding hydrogens is 464 g/mol. The van der Waals surface area contributed by atoms with Gasteiger partial charge in [-0.1, -0.05) is 12.1 Å². The number of rotatable bonds is 8. The summed E-state index contributed by atoms with van der Waals surface area (Å²) >= 11 is 0. The van der Waals surface area contributed by atoms with Crippen LogP contribution in [0.25, 0.3) is 11.2 Å². The van der Waals surface area contributed by atoms with Crippen molar-refractivity contribution >= 4 is 22.8 Å². The molecule has 188 valence electrons. The van der Waals surface area contributed by atoms with E-state index in [4.69, 9.17) is 4.74 Å². The predicted octanol–water partition coefficient (Wildman–Crippen LogP) is 1.72. The molecule has 2 heterocycles. The molecule has 0 bridgehead atoms. The van der Waals surface area contributed by atoms with Crippen LogP contribution in [-0.4, -0.2) is 47.3 Å². The van der Waals surface area contributed by atoms with E-state index in [1.54, 1.807) is 37.3 Å². The zero-order chi connectivity index (χ0) is 26.0. The van der Waals surface area contributed by atoms with Crippen LogP contribution in [-0.2, 0) is 20.6 Å². The predicted molar refractivity (Wildman–Crippen MR) is 137 cm³/mol. The summed E-state index contributed by atoms with van der Waals surface area (Å²) in [5.74, 6) is 0.936. The number of aromatic hydroxyl groups is 1. The number of fused-ring (bicyclic) bond motifs is 1. The lowest BCUT2D eigenvalue weighted by molar-refractivity contribution is 0.0938. The molecule has 0 saturated carbocycles. The van der Waals surface area contributed by atoms with E-state index < -0.39 is 17.4 Å². The first kappa shape index (κ1) is 24.7. The molecule has 0 aliphatic rings. The largest absolute Gasteiger partial charge is 0.508 e. The Kier molecular flexibility index (Phi) is 6.93. The maximum absolute atomic E-state index is 13.0. The molecule has 1 unspecified atom stereocenters. The van der Waals surface area contributed by atoms with E-state index in [9.17, 15) is 19.8 Å². The Bertz CT molecular complexity index is 1550. The Morgan fingerprint density at radius 1 is 1.14 bits per heavy atom. The van der Waals surface area contributed by atoms with Crippen LogP contribution in [0.2, 0.25) is 0 Å². The Morgan fingerprint density at radius 3 is 2.56 bits per heavy atom. The van der Waals surface area contributed by atoms with Gasteiger partial charge in [0.15, 0.2) is 11.2 Å². The van der Waals surface area contributed by atoms with E-state index in [1.807, 2.05) is 25.1 Å². The lowest BCUT2D eigenvalue weighted by Gasteiger charge is -2.15. The third-order valence-electron chi connectivity index (χ3n) is 5.78. The van der Waals surface area contributed by atoms with Crippen molar-refractivity contribution in [2.75, 3.05) is 12.0 Å². The number of aryl methyl sites for hydroxylation is 2. The fraction of sp³-hybridized carbons (Fsp3) is 0.280. The van der Waals surface area contributed by atoms with Crippen LogP contribution in [0.5, 0.6) is 11.5 Å². The molecule has 4 rings (SSSR count). The molecule has 1 atom stereocenters. The molecule has 0 fully saturated rings. The number of anilines is 1. The number of hydrogen-bond donors (Lipinski definition) is 3. The Balaban J connectivity index is 1.68. The quantitative estimate of drug-likeness (QED) is 0.252. The van der Waals surface area contributed by atoms with Gasteiger partial charge in [-0.15, -0.1) is 0 Å². The van der Waals surface area contributed by atoms with Crippen molar-refractivity contribution in [3.63, 3.8) is 0 Å². The minimum atomic E-state index is -0.993. The topological polar surface area (TPSA) is 136 Å². The van der Waals surface area contributed by atoms with Gasteiger partial charge in [-0.05, 0) is 61.4 Å². The Labute approximate surface area is 206 Å². The number of nitrogens with zero attached hydrogens (tertiary/aromatic N) is 5. The van der Waals surface area contributed by atoms with Crippen molar-refractivity contribution in [1.29, 1.82) is 0 Å². The van der Waals surface area contributed by atoms with Gasteiger partial charge in [0, 0.05) is 14.1 Å². The lowest BCUT2D eigenvalue weighted by Crippen LogP contribution is -2.38. The van der Waals surface area contributed by atoms with Gasteiger partial charge in [0.2, 0.25) is 5.95 Å². The van der Waals surface area contributed by atoms with E-state index >= 15 is 0 Å². The minimum Gasteiger partial charge on any atom is -0.508 e. The van der Waals surface area contributed by atoms with Gasteiger partial charge in [-0.25, -0.2) is 10.2 Å². The van der Waals surface area contributed by atoms with E-state index in [2.05, 4.69) is 15.5 Å². The van der Waals surface area contributed by atoms with E-state index in [0.717, 1.165) is 15.7 Å². The molecule has 0 saturated heterocycles. The molecule has 3 N–H and O–H groups in total. The van der Waals surface area contributed by atoms with Crippen molar-refractivity contribution in [3.05, 3.63) is 80.5 Å². The number of ether oxygens (including phenoxy) is 1. The van der Waals surface area contributed by atoms with E-state index in [0.29, 0.717) is 11.5 Å². The van der Waals surface area contributed by atoms with Gasteiger partial charge in [-0.3, -0.25) is 13.9 Å². The molecule has 36 heavy (non-hydrogen) atoms. The number of aromatic nitrogens is 4. The third kappa shape index (κ3) is 5.01. The maximum Gasteiger partial charge on any atom is 0.332 e. The fourth-order valence-electron chi connectivity index (χ4n) is 3.77. The molecule has 11 nitrogen and oxygen atoms in total. The summed E-state index contributed by atoms with van der Waals surface area (Å²) < 4.78 is 9.48. The van der Waals surface area contributed by atoms with Crippen LogP contribution in [0.1, 0.15) is 18.1 Å². The summed E-state index contributed by atoms with van der Waals surface area (Å²) in [7, 11) is 2.91. The molecule has 2 aromatic carbocycles. The van der Waals surface area contributed by atoms with E-state index in [1.165, 1.54) is 23.2 Å². The molecule has 0 aliphatic carbocycles. The van der Waals surface area contributed by atoms with E-state index in [-0.39, 0.29) is 36.0 Å². The van der Waals surface area contributed by atoms with Gasteiger partial charge in [0.25, 0.3) is 5.56 Å². The average molecular weight is 493 g/mol. The van der Waals surface area contributed by atoms with Crippen LogP contribution < -0.4 is 21.4 Å². The highest BCUT2D eigenvalue weighted by Crippen LogP contribution is 2.18. The summed E-state index contributed by atoms with van der Waals surface area (Å²) in [5, 5.41) is 24.6. The second-order valence-electron chi connectivity index (χ2n) is 8.56. The van der Waals surface area contributed by atoms with Crippen LogP contribution in [0, 0.1) is 6.92 Å². The van der Waals surface area contributed by atoms with Crippen LogP contribution >= 0.6 is 0 Å². The number of aliphatic hydroxyl groups excluding tert-OH is 1. The highest BCUT2D eigenvalue weighted by molar-refractivity contribution is 5.99. The highest BCUT2D eigenvalue weighted by atomic mass is 16.5. The number of phenols is 1. The molecule has 0 spiro atoms. The molecule has 11 heteroatoms. The van der Waals surface area contributed by atoms with Crippen molar-refractivity contribution in [3.8, 4) is 11.5 Å². The number of phenolic OH excluding ortho intramolecular Hbond substituents is 1. The van der Waals surface area contributed by atoms with Gasteiger partial charge >= 0.3 is 5.69 Å². The number of hydrogen-bond acceptors (Lipinski definition) is 8. The summed E-state index contributed by atoms with van der Waals surface area (Å²) in [4.78, 5) is 29.9. The highest BCUT2D eigenvalue weighted by Gasteiger charge is 2.21. The van der Waals surface area contributed by atoms with Crippen molar-refractivity contribution in [2.45, 2.75) is 26.5 Å². The van der Waals surface area contributed by atoms with Crippen molar-refractivity contribution in [2.24, 2.45) is 19.2 Å². The normalized spacial score (nSPS) is 12.6. The van der Waals surface area contributed by atoms with Gasteiger partial charge in [0.05, 0.1) is 12.3 Å². The zero-order valence-corrected chi connectivity index (χ0v) is 20.5. The fourth-order valence-corrected chi connectivity index (χ4v) is 3.77. The number of benzene rings is 2. The number of nitrogens with one attached hydrogen (secondary N) is 1. The van der Waals surface area contributed by atoms with Gasteiger partial charge < -0.3 is 19.5 Å². The lowest BCUT2D eigenvalue weighted by atomic mass is 10.1. The molecular formula is C25H28N6O5. The summed E-state index contributed by atoms with van der Waals surface area (Å²) in [5.41, 5.74) is 4.49. The number of hydrazone groups is 1. The molecule has 0 radical (unpaired) electrons. The number of imidazole rings is 1. The summed E-state index contributed by atoms with van der Waals surface area (Å²) in [6.45, 7) is 3.65. The van der Waals surface area contributed by atoms with Gasteiger partial charge in [-0.2, -0.15) is 10.1 Å². The minimum absolute atomic E-state index is 0.0234.